The number of carbonyl (C=O) groups excluding carboxylic acids is 1. The fourth-order valence-electron chi connectivity index (χ4n) is 4.53. The highest BCUT2D eigenvalue weighted by Gasteiger charge is 2.44. The van der Waals surface area contributed by atoms with Crippen molar-refractivity contribution in [2.24, 2.45) is 11.0 Å². The Morgan fingerprint density at radius 3 is 2.44 bits per heavy atom. The van der Waals surface area contributed by atoms with E-state index in [-0.39, 0.29) is 17.9 Å². The molecule has 0 spiro atoms. The summed E-state index contributed by atoms with van der Waals surface area (Å²) in [6.07, 6.45) is 5.14. The van der Waals surface area contributed by atoms with Crippen molar-refractivity contribution in [3.63, 3.8) is 0 Å². The van der Waals surface area contributed by atoms with E-state index >= 15 is 0 Å². The van der Waals surface area contributed by atoms with Crippen LogP contribution in [0.3, 0.4) is 0 Å². The molecule has 32 heavy (non-hydrogen) atoms. The van der Waals surface area contributed by atoms with Gasteiger partial charge in [0.15, 0.2) is 0 Å². The van der Waals surface area contributed by atoms with Gasteiger partial charge in [-0.25, -0.2) is 9.99 Å². The Labute approximate surface area is 201 Å². The van der Waals surface area contributed by atoms with Crippen molar-refractivity contribution in [1.82, 2.24) is 9.99 Å². The first-order chi connectivity index (χ1) is 15.5. The van der Waals surface area contributed by atoms with E-state index in [0.29, 0.717) is 14.9 Å². The molecule has 0 saturated heterocycles. The second-order valence-electron chi connectivity index (χ2n) is 8.12. The monoisotopic (exact) mass is 481 g/mol. The maximum atomic E-state index is 13.6. The van der Waals surface area contributed by atoms with E-state index in [1.54, 1.807) is 10.5 Å². The molecule has 1 saturated carbocycles. The summed E-state index contributed by atoms with van der Waals surface area (Å²) >= 11 is 13.6. The van der Waals surface area contributed by atoms with Crippen molar-refractivity contribution in [2.75, 3.05) is 0 Å². The van der Waals surface area contributed by atoms with Crippen molar-refractivity contribution in [1.29, 1.82) is 0 Å². The molecule has 5 rings (SSSR count). The molecule has 1 aliphatic carbocycles. The summed E-state index contributed by atoms with van der Waals surface area (Å²) in [6.45, 7) is 1.86. The number of hydrogen-bond donors (Lipinski definition) is 0. The van der Waals surface area contributed by atoms with Crippen LogP contribution in [0.25, 0.3) is 6.08 Å². The molecule has 1 amide bonds. The summed E-state index contributed by atoms with van der Waals surface area (Å²) in [5, 5.41) is 8.00. The molecule has 0 N–H and O–H groups in total. The van der Waals surface area contributed by atoms with Crippen LogP contribution >= 0.6 is 34.5 Å². The lowest BCUT2D eigenvalue weighted by Crippen LogP contribution is -2.31. The van der Waals surface area contributed by atoms with Gasteiger partial charge in [-0.3, -0.25) is 4.79 Å². The van der Waals surface area contributed by atoms with E-state index in [4.69, 9.17) is 28.3 Å². The van der Waals surface area contributed by atoms with E-state index in [1.165, 1.54) is 16.9 Å². The van der Waals surface area contributed by atoms with Gasteiger partial charge in [-0.05, 0) is 73.2 Å². The van der Waals surface area contributed by atoms with Gasteiger partial charge in [0, 0.05) is 16.0 Å². The molecule has 1 aromatic heterocycles. The predicted octanol–water partition coefficient (Wildman–Crippen LogP) is 7.20. The third kappa shape index (κ3) is 4.01. The number of nitrogens with zero attached hydrogens (tertiary/aromatic N) is 3. The van der Waals surface area contributed by atoms with E-state index < -0.39 is 0 Å². The van der Waals surface area contributed by atoms with Crippen LogP contribution in [-0.4, -0.2) is 21.6 Å². The van der Waals surface area contributed by atoms with Gasteiger partial charge in [-0.2, -0.15) is 5.10 Å². The van der Waals surface area contributed by atoms with Crippen molar-refractivity contribution < 1.29 is 4.79 Å². The van der Waals surface area contributed by atoms with Gasteiger partial charge in [0.1, 0.15) is 4.88 Å². The summed E-state index contributed by atoms with van der Waals surface area (Å²) in [4.78, 5) is 18.5. The Morgan fingerprint density at radius 2 is 1.78 bits per heavy atom. The minimum atomic E-state index is -0.162. The van der Waals surface area contributed by atoms with Crippen LogP contribution in [-0.2, 0) is 0 Å². The van der Waals surface area contributed by atoms with Crippen molar-refractivity contribution in [3.8, 4) is 0 Å². The standard InChI is InChI=1S/C25H21Cl2N3OS/c1-15-24(32-14-28-15)25(31)30-23(17-7-11-20(27)12-8-17)21-4-2-3-18(22(21)29-30)13-16-5-9-19(26)10-6-16/h5-14,21,23H,2-4H2,1H3/b18-13+/t21-,23-/m0/s1. The Morgan fingerprint density at radius 1 is 1.09 bits per heavy atom. The highest BCUT2D eigenvalue weighted by Crippen LogP contribution is 2.45. The summed E-state index contributed by atoms with van der Waals surface area (Å²) < 4.78 is 0. The smallest absolute Gasteiger partial charge is 0.266 e. The molecule has 1 aliphatic heterocycles. The number of fused-ring (bicyclic) bond motifs is 1. The molecule has 0 bridgehead atoms. The number of benzene rings is 2. The molecular formula is C25H21Cl2N3OS. The second-order valence-corrected chi connectivity index (χ2v) is 9.85. The minimum Gasteiger partial charge on any atom is -0.266 e. The second kappa shape index (κ2) is 8.81. The van der Waals surface area contributed by atoms with Gasteiger partial charge < -0.3 is 0 Å². The van der Waals surface area contributed by atoms with Crippen LogP contribution in [0.1, 0.15) is 51.8 Å². The number of aromatic nitrogens is 1. The Kier molecular flexibility index (Phi) is 5.89. The van der Waals surface area contributed by atoms with Gasteiger partial charge in [-0.15, -0.1) is 11.3 Å². The van der Waals surface area contributed by atoms with E-state index in [0.717, 1.165) is 41.8 Å². The number of thiazole rings is 1. The largest absolute Gasteiger partial charge is 0.286 e. The number of hydrazone groups is 1. The third-order valence-electron chi connectivity index (χ3n) is 6.07. The Hall–Kier alpha value is -2.47. The Bertz CT molecular complexity index is 1210. The first-order valence-corrected chi connectivity index (χ1v) is 12.2. The zero-order chi connectivity index (χ0) is 22.2. The zero-order valence-corrected chi connectivity index (χ0v) is 19.8. The summed E-state index contributed by atoms with van der Waals surface area (Å²) in [6, 6.07) is 15.4. The molecule has 2 aliphatic rings. The molecule has 0 radical (unpaired) electrons. The fourth-order valence-corrected chi connectivity index (χ4v) is 5.52. The van der Waals surface area contributed by atoms with Gasteiger partial charge in [0.05, 0.1) is 23.0 Å². The average Bonchev–Trinajstić information content (AvgIpc) is 3.40. The molecule has 162 valence electrons. The summed E-state index contributed by atoms with van der Waals surface area (Å²) in [5.74, 6) is 0.0401. The number of allylic oxidation sites excluding steroid dienone is 1. The maximum Gasteiger partial charge on any atom is 0.286 e. The van der Waals surface area contributed by atoms with Crippen LogP contribution in [0, 0.1) is 12.8 Å². The Balaban J connectivity index is 1.58. The SMILES string of the molecule is Cc1ncsc1C(=O)N1N=C2/C(=C/c3ccc(Cl)cc3)CCC[C@@H]2[C@@H]1c1ccc(Cl)cc1. The van der Waals surface area contributed by atoms with Gasteiger partial charge in [0.25, 0.3) is 5.91 Å². The van der Waals surface area contributed by atoms with E-state index in [2.05, 4.69) is 11.1 Å². The molecule has 4 nitrogen and oxygen atoms in total. The normalized spacial score (nSPS) is 21.5. The van der Waals surface area contributed by atoms with Gasteiger partial charge >= 0.3 is 0 Å². The molecule has 7 heteroatoms. The molecular weight excluding hydrogens is 461 g/mol. The number of rotatable bonds is 3. The number of amides is 1. The van der Waals surface area contributed by atoms with Crippen LogP contribution < -0.4 is 0 Å². The summed E-state index contributed by atoms with van der Waals surface area (Å²) in [5.41, 5.74) is 6.75. The van der Waals surface area contributed by atoms with Crippen molar-refractivity contribution >= 4 is 52.2 Å². The van der Waals surface area contributed by atoms with Crippen molar-refractivity contribution in [2.45, 2.75) is 32.2 Å². The molecule has 2 heterocycles. The number of hydrogen-bond acceptors (Lipinski definition) is 4. The van der Waals surface area contributed by atoms with Crippen molar-refractivity contribution in [3.05, 3.63) is 91.4 Å². The number of carbonyl (C=O) groups is 1. The highest BCUT2D eigenvalue weighted by atomic mass is 35.5. The van der Waals surface area contributed by atoms with Crippen LogP contribution in [0.4, 0.5) is 0 Å². The van der Waals surface area contributed by atoms with Crippen LogP contribution in [0.5, 0.6) is 0 Å². The highest BCUT2D eigenvalue weighted by molar-refractivity contribution is 7.11. The van der Waals surface area contributed by atoms with E-state index in [9.17, 15) is 4.79 Å². The van der Waals surface area contributed by atoms with E-state index in [1.807, 2.05) is 55.5 Å². The molecule has 2 aromatic carbocycles. The van der Waals surface area contributed by atoms with Gasteiger partial charge in [0.2, 0.25) is 0 Å². The molecule has 1 fully saturated rings. The predicted molar refractivity (Wildman–Crippen MR) is 131 cm³/mol. The quantitative estimate of drug-likeness (QED) is 0.397. The first kappa shape index (κ1) is 21.4. The summed E-state index contributed by atoms with van der Waals surface area (Å²) in [7, 11) is 0. The number of aryl methyl sites for hydroxylation is 1. The first-order valence-electron chi connectivity index (χ1n) is 10.6. The molecule has 2 atom stereocenters. The lowest BCUT2D eigenvalue weighted by atomic mass is 9.77. The topological polar surface area (TPSA) is 45.6 Å². The van der Waals surface area contributed by atoms with Gasteiger partial charge in [-0.1, -0.05) is 47.5 Å². The zero-order valence-electron chi connectivity index (χ0n) is 17.5. The fraction of sp³-hybridized carbons (Fsp3) is 0.240. The molecule has 3 aromatic rings. The average molecular weight is 482 g/mol. The number of halogens is 2. The van der Waals surface area contributed by atoms with Crippen LogP contribution in [0.2, 0.25) is 10.0 Å². The third-order valence-corrected chi connectivity index (χ3v) is 7.49. The minimum absolute atomic E-state index is 0.0994. The lowest BCUT2D eigenvalue weighted by molar-refractivity contribution is 0.0685. The lowest BCUT2D eigenvalue weighted by Gasteiger charge is -2.29. The molecule has 0 unspecified atom stereocenters. The maximum absolute atomic E-state index is 13.6. The van der Waals surface area contributed by atoms with Crippen LogP contribution in [0.15, 0.2) is 64.7 Å².